The van der Waals surface area contributed by atoms with Gasteiger partial charge in [0.15, 0.2) is 5.78 Å². The van der Waals surface area contributed by atoms with E-state index in [2.05, 4.69) is 10.6 Å². The van der Waals surface area contributed by atoms with Crippen LogP contribution in [0.25, 0.3) is 0 Å². The van der Waals surface area contributed by atoms with E-state index < -0.39 is 6.03 Å². The maximum atomic E-state index is 12.0. The number of urea groups is 1. The normalized spacial score (nSPS) is 15.3. The van der Waals surface area contributed by atoms with Crippen molar-refractivity contribution in [2.24, 2.45) is 0 Å². The summed E-state index contributed by atoms with van der Waals surface area (Å²) in [5, 5.41) is 14.6. The number of furan rings is 1. The Labute approximate surface area is 123 Å². The first kappa shape index (κ1) is 15.1. The predicted octanol–water partition coefficient (Wildman–Crippen LogP) is 3.12. The minimum absolute atomic E-state index is 0.0357. The topological polar surface area (TPSA) is 95.1 Å². The van der Waals surface area contributed by atoms with E-state index in [1.165, 1.54) is 13.3 Å². The van der Waals surface area contributed by atoms with Gasteiger partial charge >= 0.3 is 6.03 Å². The SMILES string of the molecule is CC(=O)c1c(C)oc(NC(=O)NC2CCCCC2)c1C#N. The summed E-state index contributed by atoms with van der Waals surface area (Å²) in [7, 11) is 0. The standard InChI is InChI=1S/C15H19N3O3/c1-9(19)13-10(2)21-14(12(13)8-16)18-15(20)17-11-6-4-3-5-7-11/h11H,3-7H2,1-2H3,(H2,17,18,20). The molecule has 0 atom stereocenters. The fourth-order valence-corrected chi connectivity index (χ4v) is 2.73. The third-order valence-electron chi connectivity index (χ3n) is 3.72. The average molecular weight is 289 g/mol. The van der Waals surface area contributed by atoms with Crippen molar-refractivity contribution in [3.8, 4) is 6.07 Å². The smallest absolute Gasteiger partial charge is 0.321 e. The van der Waals surface area contributed by atoms with Crippen LogP contribution in [0.1, 0.15) is 60.7 Å². The first-order chi connectivity index (χ1) is 10.0. The summed E-state index contributed by atoms with van der Waals surface area (Å²) >= 11 is 0. The molecule has 1 aliphatic rings. The Morgan fingerprint density at radius 3 is 2.52 bits per heavy atom. The summed E-state index contributed by atoms with van der Waals surface area (Å²) in [6.07, 6.45) is 5.37. The highest BCUT2D eigenvalue weighted by Crippen LogP contribution is 2.26. The summed E-state index contributed by atoms with van der Waals surface area (Å²) in [4.78, 5) is 23.5. The number of ketones is 1. The van der Waals surface area contributed by atoms with Gasteiger partial charge in [0.25, 0.3) is 0 Å². The van der Waals surface area contributed by atoms with Crippen LogP contribution in [0.15, 0.2) is 4.42 Å². The highest BCUT2D eigenvalue weighted by Gasteiger charge is 2.23. The van der Waals surface area contributed by atoms with Crippen molar-refractivity contribution >= 4 is 17.7 Å². The van der Waals surface area contributed by atoms with Gasteiger partial charge < -0.3 is 9.73 Å². The van der Waals surface area contributed by atoms with Crippen LogP contribution in [0.4, 0.5) is 10.7 Å². The monoisotopic (exact) mass is 289 g/mol. The van der Waals surface area contributed by atoms with Gasteiger partial charge in [0.05, 0.1) is 5.56 Å². The van der Waals surface area contributed by atoms with Gasteiger partial charge in [-0.15, -0.1) is 0 Å². The van der Waals surface area contributed by atoms with Crippen molar-refractivity contribution in [1.29, 1.82) is 5.26 Å². The van der Waals surface area contributed by atoms with Gasteiger partial charge in [-0.05, 0) is 26.7 Å². The number of carbonyl (C=O) groups excluding carboxylic acids is 2. The van der Waals surface area contributed by atoms with Crippen LogP contribution in [0.3, 0.4) is 0 Å². The van der Waals surface area contributed by atoms with Crippen molar-refractivity contribution in [1.82, 2.24) is 5.32 Å². The summed E-state index contributed by atoms with van der Waals surface area (Å²) < 4.78 is 5.34. The molecule has 1 aliphatic carbocycles. The second-order valence-corrected chi connectivity index (χ2v) is 5.34. The Balaban J connectivity index is 2.09. The molecule has 0 aromatic carbocycles. The van der Waals surface area contributed by atoms with Crippen LogP contribution in [-0.4, -0.2) is 17.9 Å². The third-order valence-corrected chi connectivity index (χ3v) is 3.72. The number of Topliss-reactive ketones (excluding diaryl/α,β-unsaturated/α-hetero) is 1. The maximum Gasteiger partial charge on any atom is 0.321 e. The highest BCUT2D eigenvalue weighted by molar-refractivity contribution is 6.00. The van der Waals surface area contributed by atoms with Crippen LogP contribution in [0, 0.1) is 18.3 Å². The fourth-order valence-electron chi connectivity index (χ4n) is 2.73. The molecule has 1 aromatic heterocycles. The van der Waals surface area contributed by atoms with Gasteiger partial charge in [0.1, 0.15) is 17.4 Å². The molecule has 1 heterocycles. The molecule has 112 valence electrons. The van der Waals surface area contributed by atoms with Crippen LogP contribution < -0.4 is 10.6 Å². The van der Waals surface area contributed by atoms with E-state index in [1.807, 2.05) is 6.07 Å². The Morgan fingerprint density at radius 1 is 1.29 bits per heavy atom. The quantitative estimate of drug-likeness (QED) is 0.836. The van der Waals surface area contributed by atoms with Gasteiger partial charge in [-0.3, -0.25) is 10.1 Å². The van der Waals surface area contributed by atoms with Crippen molar-refractivity contribution in [2.45, 2.75) is 52.0 Å². The molecule has 0 radical (unpaired) electrons. The zero-order chi connectivity index (χ0) is 15.4. The minimum atomic E-state index is -0.401. The first-order valence-electron chi connectivity index (χ1n) is 7.15. The Kier molecular flexibility index (Phi) is 4.63. The number of carbonyl (C=O) groups is 2. The van der Waals surface area contributed by atoms with E-state index in [0.717, 1.165) is 25.7 Å². The molecule has 0 spiro atoms. The summed E-state index contributed by atoms with van der Waals surface area (Å²) in [6.45, 7) is 2.96. The molecule has 0 bridgehead atoms. The molecule has 1 aromatic rings. The van der Waals surface area contributed by atoms with Crippen molar-refractivity contribution < 1.29 is 14.0 Å². The van der Waals surface area contributed by atoms with Gasteiger partial charge in [0, 0.05) is 6.04 Å². The fraction of sp³-hybridized carbons (Fsp3) is 0.533. The van der Waals surface area contributed by atoms with E-state index in [0.29, 0.717) is 5.76 Å². The lowest BCUT2D eigenvalue weighted by Gasteiger charge is -2.22. The maximum absolute atomic E-state index is 12.0. The first-order valence-corrected chi connectivity index (χ1v) is 7.15. The van der Waals surface area contributed by atoms with E-state index >= 15 is 0 Å². The van der Waals surface area contributed by atoms with Gasteiger partial charge in [-0.1, -0.05) is 19.3 Å². The second-order valence-electron chi connectivity index (χ2n) is 5.34. The lowest BCUT2D eigenvalue weighted by atomic mass is 9.96. The van der Waals surface area contributed by atoms with Crippen molar-refractivity contribution in [3.63, 3.8) is 0 Å². The van der Waals surface area contributed by atoms with Crippen LogP contribution >= 0.6 is 0 Å². The molecule has 2 N–H and O–H groups in total. The number of aryl methyl sites for hydroxylation is 1. The number of hydrogen-bond donors (Lipinski definition) is 2. The number of rotatable bonds is 3. The molecule has 21 heavy (non-hydrogen) atoms. The van der Waals surface area contributed by atoms with Crippen LogP contribution in [-0.2, 0) is 0 Å². The number of nitriles is 1. The number of hydrogen-bond acceptors (Lipinski definition) is 4. The molecule has 6 nitrogen and oxygen atoms in total. The zero-order valence-corrected chi connectivity index (χ0v) is 12.3. The highest BCUT2D eigenvalue weighted by atomic mass is 16.4. The van der Waals surface area contributed by atoms with Crippen molar-refractivity contribution in [3.05, 3.63) is 16.9 Å². The Bertz CT molecular complexity index is 592. The van der Waals surface area contributed by atoms with Gasteiger partial charge in [-0.25, -0.2) is 4.79 Å². The van der Waals surface area contributed by atoms with Crippen LogP contribution in [0.2, 0.25) is 0 Å². The summed E-state index contributed by atoms with van der Waals surface area (Å²) in [6, 6.07) is 1.68. The molecular weight excluding hydrogens is 270 g/mol. The molecule has 0 aliphatic heterocycles. The summed E-state index contributed by atoms with van der Waals surface area (Å²) in [5.74, 6) is 0.120. The van der Waals surface area contributed by atoms with Crippen molar-refractivity contribution in [2.75, 3.05) is 5.32 Å². The number of nitrogens with zero attached hydrogens (tertiary/aromatic N) is 1. The number of amides is 2. The third kappa shape index (κ3) is 3.43. The largest absolute Gasteiger partial charge is 0.443 e. The van der Waals surface area contributed by atoms with Crippen LogP contribution in [0.5, 0.6) is 0 Å². The molecule has 2 amide bonds. The predicted molar refractivity (Wildman–Crippen MR) is 77.2 cm³/mol. The van der Waals surface area contributed by atoms with E-state index in [-0.39, 0.29) is 28.8 Å². The van der Waals surface area contributed by atoms with E-state index in [9.17, 15) is 9.59 Å². The van der Waals surface area contributed by atoms with Gasteiger partial charge in [-0.2, -0.15) is 5.26 Å². The Morgan fingerprint density at radius 2 is 1.95 bits per heavy atom. The summed E-state index contributed by atoms with van der Waals surface area (Å²) in [5.41, 5.74) is 0.310. The molecule has 0 unspecified atom stereocenters. The molecule has 6 heteroatoms. The molecule has 0 saturated heterocycles. The van der Waals surface area contributed by atoms with E-state index in [4.69, 9.17) is 9.68 Å². The lowest BCUT2D eigenvalue weighted by Crippen LogP contribution is -2.39. The van der Waals surface area contributed by atoms with E-state index in [1.54, 1.807) is 6.92 Å². The Hall–Kier alpha value is -2.29. The lowest BCUT2D eigenvalue weighted by molar-refractivity contribution is 0.101. The zero-order valence-electron chi connectivity index (χ0n) is 12.3. The molecular formula is C15H19N3O3. The number of nitrogens with one attached hydrogen (secondary N) is 2. The molecule has 1 fully saturated rings. The van der Waals surface area contributed by atoms with Gasteiger partial charge in [0.2, 0.25) is 5.88 Å². The molecule has 2 rings (SSSR count). The second kappa shape index (κ2) is 6.44. The number of anilines is 1. The minimum Gasteiger partial charge on any atom is -0.443 e. The average Bonchev–Trinajstić information content (AvgIpc) is 2.75. The molecule has 1 saturated carbocycles.